The Morgan fingerprint density at radius 1 is 1.14 bits per heavy atom. The molecule has 1 fully saturated rings. The van der Waals surface area contributed by atoms with Gasteiger partial charge in [0.1, 0.15) is 0 Å². The molecule has 4 rings (SSSR count). The van der Waals surface area contributed by atoms with Crippen LogP contribution in [0.1, 0.15) is 35.0 Å². The van der Waals surface area contributed by atoms with E-state index < -0.39 is 28.6 Å². The van der Waals surface area contributed by atoms with Crippen molar-refractivity contribution in [2.45, 2.75) is 31.6 Å². The van der Waals surface area contributed by atoms with Crippen molar-refractivity contribution in [1.82, 2.24) is 5.32 Å². The lowest BCUT2D eigenvalue weighted by molar-refractivity contribution is -0.145. The zero-order chi connectivity index (χ0) is 30.4. The summed E-state index contributed by atoms with van der Waals surface area (Å²) < 4.78 is 45.5. The van der Waals surface area contributed by atoms with Crippen LogP contribution in [-0.4, -0.2) is 59.8 Å². The van der Waals surface area contributed by atoms with Crippen molar-refractivity contribution < 1.29 is 32.2 Å². The molecule has 3 aromatic rings. The van der Waals surface area contributed by atoms with Gasteiger partial charge >= 0.3 is 11.9 Å². The maximum Gasteiger partial charge on any atom is 0.351 e. The van der Waals surface area contributed by atoms with Gasteiger partial charge in [-0.3, -0.25) is 4.31 Å². The number of rotatable bonds is 11. The number of esters is 2. The van der Waals surface area contributed by atoms with Gasteiger partial charge in [-0.25, -0.2) is 18.0 Å². The number of methoxy groups -OCH3 is 1. The van der Waals surface area contributed by atoms with Crippen molar-refractivity contribution in [3.63, 3.8) is 0 Å². The van der Waals surface area contributed by atoms with Crippen LogP contribution in [0, 0.1) is 0 Å². The quantitative estimate of drug-likeness (QED) is 0.230. The summed E-state index contributed by atoms with van der Waals surface area (Å²) >= 11 is 17.2. The average Bonchev–Trinajstić information content (AvgIpc) is 3.30. The molecule has 0 saturated carbocycles. The number of thiophene rings is 1. The first-order valence-corrected chi connectivity index (χ1v) is 17.0. The van der Waals surface area contributed by atoms with E-state index in [1.54, 1.807) is 49.4 Å². The molecule has 1 aliphatic heterocycles. The highest BCUT2D eigenvalue weighted by Crippen LogP contribution is 2.47. The molecule has 0 bridgehead atoms. The second-order valence-electron chi connectivity index (χ2n) is 9.29. The van der Waals surface area contributed by atoms with E-state index in [1.807, 2.05) is 0 Å². The largest absolute Gasteiger partial charge is 0.479 e. The first-order chi connectivity index (χ1) is 20.1. The van der Waals surface area contributed by atoms with Crippen LogP contribution in [0.25, 0.3) is 10.4 Å². The highest BCUT2D eigenvalue weighted by atomic mass is 79.9. The predicted octanol–water partition coefficient (Wildman–Crippen LogP) is 6.30. The van der Waals surface area contributed by atoms with Crippen LogP contribution in [0.3, 0.4) is 0 Å². The number of piperidine rings is 1. The molecule has 1 saturated heterocycles. The van der Waals surface area contributed by atoms with Gasteiger partial charge in [0.15, 0.2) is 17.2 Å². The van der Waals surface area contributed by atoms with E-state index in [0.29, 0.717) is 52.1 Å². The summed E-state index contributed by atoms with van der Waals surface area (Å²) in [5, 5.41) is 3.77. The van der Waals surface area contributed by atoms with Crippen LogP contribution < -0.4 is 14.4 Å². The molecule has 0 atom stereocenters. The second-order valence-corrected chi connectivity index (χ2v) is 13.7. The lowest BCUT2D eigenvalue weighted by Crippen LogP contribution is -2.46. The minimum Gasteiger partial charge on any atom is -0.479 e. The van der Waals surface area contributed by atoms with E-state index >= 15 is 0 Å². The molecule has 9 nitrogen and oxygen atoms in total. The van der Waals surface area contributed by atoms with Crippen molar-refractivity contribution in [2.75, 3.05) is 37.7 Å². The molecule has 0 spiro atoms. The Labute approximate surface area is 267 Å². The van der Waals surface area contributed by atoms with Crippen molar-refractivity contribution in [2.24, 2.45) is 0 Å². The fourth-order valence-electron chi connectivity index (χ4n) is 4.62. The Hall–Kier alpha value is -2.35. The van der Waals surface area contributed by atoms with Gasteiger partial charge in [-0.05, 0) is 78.1 Å². The third kappa shape index (κ3) is 7.40. The molecule has 0 unspecified atom stereocenters. The molecule has 1 aromatic heterocycles. The number of anilines is 1. The van der Waals surface area contributed by atoms with Gasteiger partial charge in [0.05, 0.1) is 44.6 Å². The topological polar surface area (TPSA) is 111 Å². The number of ether oxygens (including phenoxy) is 3. The molecule has 2 aromatic carbocycles. The van der Waals surface area contributed by atoms with E-state index in [0.717, 1.165) is 11.3 Å². The van der Waals surface area contributed by atoms with E-state index in [9.17, 15) is 18.0 Å². The van der Waals surface area contributed by atoms with Crippen LogP contribution in [0.15, 0.2) is 46.9 Å². The molecule has 2 heterocycles. The first kappa shape index (κ1) is 32.6. The summed E-state index contributed by atoms with van der Waals surface area (Å²) in [6, 6.07) is 11.7. The number of benzene rings is 2. The zero-order valence-electron chi connectivity index (χ0n) is 22.8. The molecule has 0 amide bonds. The molecule has 1 aliphatic rings. The smallest absolute Gasteiger partial charge is 0.351 e. The summed E-state index contributed by atoms with van der Waals surface area (Å²) in [4.78, 5) is 25.3. The zero-order valence-corrected chi connectivity index (χ0v) is 27.6. The highest BCUT2D eigenvalue weighted by molar-refractivity contribution is 9.10. The Bertz CT molecular complexity index is 1560. The molecule has 226 valence electrons. The molecule has 14 heteroatoms. The number of sulfonamides is 1. The normalized spacial score (nSPS) is 13.9. The number of hydrogen-bond donors (Lipinski definition) is 1. The standard InChI is InChI=1S/C28H29BrCl2N2O7S2/c1-3-39-22(34)15-40-25-23(29)26(41-27(25)28(35)38-2)17-6-4-8-20(14-17)33(19-10-12-32-13-11-19)42(36,37)16-18-7-5-9-21(30)24(18)31/h4-9,14,19,32H,3,10-13,15-16H2,1-2H3. The molecule has 1 N–H and O–H groups in total. The third-order valence-electron chi connectivity index (χ3n) is 6.49. The van der Waals surface area contributed by atoms with Crippen LogP contribution in [0.2, 0.25) is 10.0 Å². The Morgan fingerprint density at radius 2 is 1.86 bits per heavy atom. The number of carbonyl (C=O) groups is 2. The maximum absolute atomic E-state index is 14.0. The van der Waals surface area contributed by atoms with Crippen molar-refractivity contribution in [3.8, 4) is 16.2 Å². The average molecular weight is 720 g/mol. The second kappa shape index (κ2) is 14.4. The van der Waals surface area contributed by atoms with Crippen LogP contribution in [0.4, 0.5) is 5.69 Å². The molecule has 42 heavy (non-hydrogen) atoms. The van der Waals surface area contributed by atoms with E-state index in [1.165, 1.54) is 11.4 Å². The predicted molar refractivity (Wildman–Crippen MR) is 168 cm³/mol. The summed E-state index contributed by atoms with van der Waals surface area (Å²) in [6.45, 7) is 2.82. The van der Waals surface area contributed by atoms with Crippen molar-refractivity contribution in [3.05, 3.63) is 67.4 Å². The lowest BCUT2D eigenvalue weighted by atomic mass is 10.1. The van der Waals surface area contributed by atoms with E-state index in [2.05, 4.69) is 21.2 Å². The number of halogens is 3. The van der Waals surface area contributed by atoms with Gasteiger partial charge in [0, 0.05) is 6.04 Å². The maximum atomic E-state index is 14.0. The minimum absolute atomic E-state index is 0.138. The number of carbonyl (C=O) groups excluding carboxylic acids is 2. The summed E-state index contributed by atoms with van der Waals surface area (Å²) in [6.07, 6.45) is 1.24. The Balaban J connectivity index is 1.76. The SMILES string of the molecule is CCOC(=O)COc1c(C(=O)OC)sc(-c2cccc(N(C3CCNCC3)S(=O)(=O)Cc3cccc(Cl)c3Cl)c2)c1Br. The molecule has 0 aliphatic carbocycles. The van der Waals surface area contributed by atoms with Gasteiger partial charge in [0.25, 0.3) is 0 Å². The van der Waals surface area contributed by atoms with Gasteiger partial charge in [-0.1, -0.05) is 47.5 Å². The highest BCUT2D eigenvalue weighted by Gasteiger charge is 2.33. The van der Waals surface area contributed by atoms with Gasteiger partial charge in [-0.15, -0.1) is 11.3 Å². The first-order valence-electron chi connectivity index (χ1n) is 13.0. The van der Waals surface area contributed by atoms with E-state index in [-0.39, 0.29) is 39.1 Å². The van der Waals surface area contributed by atoms with Crippen molar-refractivity contribution in [1.29, 1.82) is 0 Å². The van der Waals surface area contributed by atoms with Crippen LogP contribution in [-0.2, 0) is 30.0 Å². The summed E-state index contributed by atoms with van der Waals surface area (Å²) in [7, 11) is -2.67. The van der Waals surface area contributed by atoms with Crippen molar-refractivity contribution >= 4 is 78.1 Å². The molecular formula is C28H29BrCl2N2O7S2. The molecule has 0 radical (unpaired) electrons. The minimum atomic E-state index is -3.92. The summed E-state index contributed by atoms with van der Waals surface area (Å²) in [5.74, 6) is -1.42. The van der Waals surface area contributed by atoms with Crippen LogP contribution >= 0.6 is 50.5 Å². The van der Waals surface area contributed by atoms with Gasteiger partial charge in [0.2, 0.25) is 10.0 Å². The third-order valence-corrected chi connectivity index (χ3v) is 11.4. The monoisotopic (exact) mass is 718 g/mol. The summed E-state index contributed by atoms with van der Waals surface area (Å²) in [5.41, 5.74) is 1.51. The molecular weight excluding hydrogens is 691 g/mol. The number of hydrogen-bond acceptors (Lipinski definition) is 9. The lowest BCUT2D eigenvalue weighted by Gasteiger charge is -2.35. The fraction of sp³-hybridized carbons (Fsp3) is 0.357. The van der Waals surface area contributed by atoms with E-state index in [4.69, 9.17) is 37.4 Å². The van der Waals surface area contributed by atoms with Gasteiger partial charge < -0.3 is 19.5 Å². The number of nitrogens with one attached hydrogen (secondary N) is 1. The number of nitrogens with zero attached hydrogens (tertiary/aromatic N) is 1. The van der Waals surface area contributed by atoms with Gasteiger partial charge in [-0.2, -0.15) is 0 Å². The fourth-order valence-corrected chi connectivity index (χ4v) is 8.93. The van der Waals surface area contributed by atoms with Crippen LogP contribution in [0.5, 0.6) is 5.75 Å². The Morgan fingerprint density at radius 3 is 2.55 bits per heavy atom. The Kier molecular flexibility index (Phi) is 11.2.